The highest BCUT2D eigenvalue weighted by atomic mass is 16.3. The van der Waals surface area contributed by atoms with E-state index >= 15 is 0 Å². The molecule has 4 aromatic rings. The summed E-state index contributed by atoms with van der Waals surface area (Å²) < 4.78 is 1.84. The number of amides is 1. The third-order valence-corrected chi connectivity index (χ3v) is 8.44. The maximum atomic E-state index is 14.0. The van der Waals surface area contributed by atoms with Crippen LogP contribution in [0.2, 0.25) is 0 Å². The van der Waals surface area contributed by atoms with Crippen LogP contribution in [-0.2, 0) is 0 Å². The van der Waals surface area contributed by atoms with Gasteiger partial charge in [-0.15, -0.1) is 0 Å². The lowest BCUT2D eigenvalue weighted by Gasteiger charge is -2.34. The third kappa shape index (κ3) is 3.89. The molecule has 0 radical (unpaired) electrons. The summed E-state index contributed by atoms with van der Waals surface area (Å²) in [5.74, 6) is 1.16. The summed E-state index contributed by atoms with van der Waals surface area (Å²) in [6, 6.07) is 6.17. The van der Waals surface area contributed by atoms with Gasteiger partial charge in [-0.25, -0.2) is 9.50 Å². The van der Waals surface area contributed by atoms with Crippen LogP contribution in [0.3, 0.4) is 0 Å². The van der Waals surface area contributed by atoms with Crippen molar-refractivity contribution >= 4 is 28.3 Å². The molecule has 0 saturated carbocycles. The highest BCUT2D eigenvalue weighted by Crippen LogP contribution is 2.35. The minimum Gasteiger partial charge on any atom is -0.391 e. The number of aromatic nitrogens is 4. The lowest BCUT2D eigenvalue weighted by Crippen LogP contribution is -2.39. The molecule has 8 nitrogen and oxygen atoms in total. The Hall–Kier alpha value is -3.39. The van der Waals surface area contributed by atoms with Crippen LogP contribution >= 0.6 is 0 Å². The molecule has 1 amide bonds. The van der Waals surface area contributed by atoms with E-state index in [4.69, 9.17) is 10.1 Å². The number of nitrogens with zero attached hydrogens (tertiary/aromatic N) is 5. The van der Waals surface area contributed by atoms with Crippen molar-refractivity contribution in [3.05, 3.63) is 58.0 Å². The number of piperidine rings is 1. The topological polar surface area (TPSA) is 89.8 Å². The molecular formula is C29H36N6O2. The second-order valence-electron chi connectivity index (χ2n) is 11.2. The summed E-state index contributed by atoms with van der Waals surface area (Å²) in [4.78, 5) is 26.5. The average molecular weight is 501 g/mol. The molecular weight excluding hydrogens is 464 g/mol. The summed E-state index contributed by atoms with van der Waals surface area (Å²) in [6.07, 6.45) is 4.62. The lowest BCUT2D eigenvalue weighted by molar-refractivity contribution is 0.0600. The van der Waals surface area contributed by atoms with Crippen LogP contribution in [0.15, 0.2) is 24.4 Å². The second-order valence-corrected chi connectivity index (χ2v) is 11.2. The van der Waals surface area contributed by atoms with Crippen LogP contribution in [0.4, 0.5) is 5.82 Å². The van der Waals surface area contributed by atoms with E-state index < -0.39 is 0 Å². The van der Waals surface area contributed by atoms with E-state index in [1.807, 2.05) is 35.5 Å². The van der Waals surface area contributed by atoms with Gasteiger partial charge in [-0.1, -0.05) is 19.1 Å². The monoisotopic (exact) mass is 500 g/mol. The van der Waals surface area contributed by atoms with Gasteiger partial charge in [-0.05, 0) is 63.6 Å². The molecule has 194 valence electrons. The molecule has 3 atom stereocenters. The van der Waals surface area contributed by atoms with Gasteiger partial charge in [0.2, 0.25) is 0 Å². The van der Waals surface area contributed by atoms with Crippen LogP contribution in [-0.4, -0.2) is 61.2 Å². The van der Waals surface area contributed by atoms with Gasteiger partial charge in [0, 0.05) is 54.3 Å². The van der Waals surface area contributed by atoms with Gasteiger partial charge in [0.1, 0.15) is 11.5 Å². The number of anilines is 1. The molecule has 3 aromatic heterocycles. The van der Waals surface area contributed by atoms with Crippen LogP contribution < -0.4 is 4.90 Å². The first-order valence-electron chi connectivity index (χ1n) is 13.4. The molecule has 8 heteroatoms. The van der Waals surface area contributed by atoms with E-state index in [1.54, 1.807) is 0 Å². The van der Waals surface area contributed by atoms with Gasteiger partial charge in [0.15, 0.2) is 5.65 Å². The van der Waals surface area contributed by atoms with Crippen LogP contribution in [0.1, 0.15) is 70.7 Å². The maximum Gasteiger partial charge on any atom is 0.271 e. The molecule has 0 bridgehead atoms. The number of aromatic amines is 1. The number of carbonyl (C=O) groups is 1. The fourth-order valence-electron chi connectivity index (χ4n) is 6.26. The molecule has 6 rings (SSSR count). The smallest absolute Gasteiger partial charge is 0.271 e. The average Bonchev–Trinajstić information content (AvgIpc) is 3.55. The van der Waals surface area contributed by atoms with Crippen molar-refractivity contribution in [1.29, 1.82) is 0 Å². The molecule has 2 fully saturated rings. The number of aliphatic hydroxyl groups is 1. The summed E-state index contributed by atoms with van der Waals surface area (Å²) >= 11 is 0. The summed E-state index contributed by atoms with van der Waals surface area (Å²) in [5, 5.41) is 16.3. The Bertz CT molecular complexity index is 1510. The van der Waals surface area contributed by atoms with Crippen molar-refractivity contribution in [3.63, 3.8) is 0 Å². The predicted octanol–water partition coefficient (Wildman–Crippen LogP) is 4.63. The van der Waals surface area contributed by atoms with E-state index in [0.29, 0.717) is 18.8 Å². The van der Waals surface area contributed by atoms with E-state index in [1.165, 1.54) is 5.56 Å². The summed E-state index contributed by atoms with van der Waals surface area (Å²) in [6.45, 7) is 12.4. The quantitative estimate of drug-likeness (QED) is 0.428. The lowest BCUT2D eigenvalue weighted by atomic mass is 9.98. The minimum absolute atomic E-state index is 0.0409. The van der Waals surface area contributed by atoms with Crippen LogP contribution in [0.5, 0.6) is 0 Å². The largest absolute Gasteiger partial charge is 0.391 e. The second kappa shape index (κ2) is 8.87. The summed E-state index contributed by atoms with van der Waals surface area (Å²) in [5.41, 5.74) is 7.76. The number of fused-ring (bicyclic) bond motifs is 2. The van der Waals surface area contributed by atoms with Gasteiger partial charge in [-0.2, -0.15) is 5.10 Å². The van der Waals surface area contributed by atoms with Gasteiger partial charge >= 0.3 is 0 Å². The highest BCUT2D eigenvalue weighted by molar-refractivity contribution is 6.02. The number of likely N-dealkylation sites (tertiary alicyclic amines) is 1. The van der Waals surface area contributed by atoms with Gasteiger partial charge in [-0.3, -0.25) is 4.79 Å². The number of β-amino-alcohol motifs (C(OH)–C–C–N with tert-alkyl or cyclic N) is 1. The number of H-pyrrole nitrogens is 1. The first-order chi connectivity index (χ1) is 17.7. The zero-order valence-electron chi connectivity index (χ0n) is 22.4. The first-order valence-corrected chi connectivity index (χ1v) is 13.4. The normalized spacial score (nSPS) is 22.5. The molecule has 0 unspecified atom stereocenters. The number of hydrogen-bond acceptors (Lipinski definition) is 5. The Morgan fingerprint density at radius 2 is 1.86 bits per heavy atom. The number of aliphatic hydroxyl groups excluding tert-OH is 1. The highest BCUT2D eigenvalue weighted by Gasteiger charge is 2.33. The number of hydrogen-bond donors (Lipinski definition) is 2. The molecule has 2 aliphatic rings. The van der Waals surface area contributed by atoms with Crippen molar-refractivity contribution in [3.8, 4) is 0 Å². The zero-order chi connectivity index (χ0) is 26.0. The molecule has 0 spiro atoms. The fourth-order valence-corrected chi connectivity index (χ4v) is 6.26. The van der Waals surface area contributed by atoms with Gasteiger partial charge < -0.3 is 19.9 Å². The number of aryl methyl sites for hydroxylation is 4. The Morgan fingerprint density at radius 1 is 1.08 bits per heavy atom. The molecule has 37 heavy (non-hydrogen) atoms. The van der Waals surface area contributed by atoms with Crippen molar-refractivity contribution < 1.29 is 9.90 Å². The van der Waals surface area contributed by atoms with E-state index in [2.05, 4.69) is 42.8 Å². The van der Waals surface area contributed by atoms with Crippen LogP contribution in [0, 0.1) is 33.6 Å². The fraction of sp³-hybridized carbons (Fsp3) is 0.483. The minimum atomic E-state index is -0.333. The molecule has 0 aliphatic carbocycles. The SMILES string of the molecule is Cc1cn2nc([C@@H]3CCCCN3C(=O)c3[nH]c4c(C)ccc(C)c4c3C)cc2nc1N1C[C@@H](C)[C@@H](O)C1. The predicted molar refractivity (Wildman–Crippen MR) is 145 cm³/mol. The Labute approximate surface area is 217 Å². The number of carbonyl (C=O) groups excluding carboxylic acids is 1. The van der Waals surface area contributed by atoms with Crippen molar-refractivity contribution in [1.82, 2.24) is 24.5 Å². The molecule has 2 saturated heterocycles. The number of benzene rings is 1. The number of nitrogens with one attached hydrogen (secondary N) is 1. The summed E-state index contributed by atoms with van der Waals surface area (Å²) in [7, 11) is 0. The third-order valence-electron chi connectivity index (χ3n) is 8.44. The first kappa shape index (κ1) is 24.0. The van der Waals surface area contributed by atoms with Crippen LogP contribution in [0.25, 0.3) is 16.6 Å². The molecule has 2 aliphatic heterocycles. The van der Waals surface area contributed by atoms with E-state index in [0.717, 1.165) is 70.6 Å². The maximum absolute atomic E-state index is 14.0. The van der Waals surface area contributed by atoms with E-state index in [-0.39, 0.29) is 24.0 Å². The van der Waals surface area contributed by atoms with Crippen molar-refractivity contribution in [2.24, 2.45) is 5.92 Å². The molecule has 1 aromatic carbocycles. The molecule has 5 heterocycles. The van der Waals surface area contributed by atoms with Crippen molar-refractivity contribution in [2.45, 2.75) is 66.0 Å². The van der Waals surface area contributed by atoms with Crippen molar-refractivity contribution in [2.75, 3.05) is 24.5 Å². The molecule has 2 N–H and O–H groups in total. The standard InChI is InChI=1S/C29H36N6O2/c1-16-9-10-17(2)26-25(16)20(5)27(31-26)29(37)34-11-7-6-8-22(34)21-12-24-30-28(19(4)14-35(24)32-21)33-13-18(3)23(36)15-33/h9-10,12,14,18,22-23,31,36H,6-8,11,13,15H2,1-5H3/t18-,22+,23+/m1/s1. The Kier molecular flexibility index (Phi) is 5.75. The Morgan fingerprint density at radius 3 is 2.59 bits per heavy atom. The van der Waals surface area contributed by atoms with Gasteiger partial charge in [0.05, 0.1) is 17.8 Å². The van der Waals surface area contributed by atoms with Gasteiger partial charge in [0.25, 0.3) is 5.91 Å². The zero-order valence-corrected chi connectivity index (χ0v) is 22.4. The van der Waals surface area contributed by atoms with E-state index in [9.17, 15) is 9.90 Å². The Balaban J connectivity index is 1.35. The number of rotatable bonds is 3.